The number of aromatic nitrogens is 1. The number of carboxylic acids is 1. The Morgan fingerprint density at radius 2 is 1.76 bits per heavy atom. The van der Waals surface area contributed by atoms with Crippen molar-refractivity contribution >= 4 is 5.97 Å². The fourth-order valence-corrected chi connectivity index (χ4v) is 3.50. The summed E-state index contributed by atoms with van der Waals surface area (Å²) in [7, 11) is 1.62. The van der Waals surface area contributed by atoms with Crippen LogP contribution in [-0.2, 0) is 22.7 Å². The molecular formula is C26H31NO6. The van der Waals surface area contributed by atoms with Crippen molar-refractivity contribution in [2.75, 3.05) is 20.3 Å². The molecule has 3 aromatic rings. The van der Waals surface area contributed by atoms with Crippen molar-refractivity contribution in [3.63, 3.8) is 0 Å². The van der Waals surface area contributed by atoms with Crippen LogP contribution in [0.25, 0.3) is 11.5 Å². The first kappa shape index (κ1) is 24.5. The van der Waals surface area contributed by atoms with Gasteiger partial charge in [-0.15, -0.1) is 0 Å². The van der Waals surface area contributed by atoms with Crippen LogP contribution in [0.2, 0.25) is 0 Å². The summed E-state index contributed by atoms with van der Waals surface area (Å²) >= 11 is 0. The molecule has 176 valence electrons. The van der Waals surface area contributed by atoms with Gasteiger partial charge in [-0.25, -0.2) is 9.78 Å². The van der Waals surface area contributed by atoms with Gasteiger partial charge in [-0.05, 0) is 43.2 Å². The summed E-state index contributed by atoms with van der Waals surface area (Å²) in [5.74, 6) is 1.04. The van der Waals surface area contributed by atoms with Gasteiger partial charge in [-0.3, -0.25) is 0 Å². The lowest BCUT2D eigenvalue weighted by Gasteiger charge is -2.24. The number of rotatable bonds is 11. The zero-order chi connectivity index (χ0) is 24.0. The molecule has 0 aliphatic rings. The molecule has 0 aliphatic carbocycles. The van der Waals surface area contributed by atoms with Gasteiger partial charge < -0.3 is 23.7 Å². The van der Waals surface area contributed by atoms with Crippen molar-refractivity contribution in [3.8, 4) is 17.2 Å². The van der Waals surface area contributed by atoms with Crippen LogP contribution in [0, 0.1) is 19.3 Å². The van der Waals surface area contributed by atoms with Crippen molar-refractivity contribution in [2.24, 2.45) is 5.41 Å². The molecule has 1 heterocycles. The van der Waals surface area contributed by atoms with E-state index in [2.05, 4.69) is 4.98 Å². The first-order valence-corrected chi connectivity index (χ1v) is 10.8. The van der Waals surface area contributed by atoms with Crippen LogP contribution >= 0.6 is 0 Å². The predicted molar refractivity (Wildman–Crippen MR) is 124 cm³/mol. The lowest BCUT2D eigenvalue weighted by molar-refractivity contribution is -0.0153. The van der Waals surface area contributed by atoms with E-state index in [-0.39, 0.29) is 12.0 Å². The summed E-state index contributed by atoms with van der Waals surface area (Å²) in [4.78, 5) is 16.1. The van der Waals surface area contributed by atoms with E-state index < -0.39 is 5.97 Å². The highest BCUT2D eigenvalue weighted by molar-refractivity contribution is 5.91. The third-order valence-corrected chi connectivity index (χ3v) is 5.26. The zero-order valence-corrected chi connectivity index (χ0v) is 19.8. The van der Waals surface area contributed by atoms with Gasteiger partial charge in [0.25, 0.3) is 0 Å². The van der Waals surface area contributed by atoms with Gasteiger partial charge in [-0.2, -0.15) is 0 Å². The molecule has 0 unspecified atom stereocenters. The molecule has 0 saturated carbocycles. The first-order chi connectivity index (χ1) is 15.7. The van der Waals surface area contributed by atoms with E-state index in [1.54, 1.807) is 26.2 Å². The number of hydrogen-bond donors (Lipinski definition) is 1. The van der Waals surface area contributed by atoms with E-state index in [1.807, 2.05) is 51.1 Å². The Balaban J connectivity index is 1.53. The summed E-state index contributed by atoms with van der Waals surface area (Å²) in [6.45, 7) is 9.17. The molecule has 1 aromatic heterocycles. The quantitative estimate of drug-likeness (QED) is 0.414. The minimum absolute atomic E-state index is 0.235. The second kappa shape index (κ2) is 10.6. The third-order valence-electron chi connectivity index (χ3n) is 5.26. The van der Waals surface area contributed by atoms with Gasteiger partial charge in [0.1, 0.15) is 17.2 Å². The Bertz CT molecular complexity index is 1100. The summed E-state index contributed by atoms with van der Waals surface area (Å²) < 4.78 is 22.9. The lowest BCUT2D eigenvalue weighted by atomic mass is 9.96. The van der Waals surface area contributed by atoms with Crippen molar-refractivity contribution in [2.45, 2.75) is 40.9 Å². The van der Waals surface area contributed by atoms with Gasteiger partial charge in [0.15, 0.2) is 0 Å². The Hall–Kier alpha value is -3.16. The highest BCUT2D eigenvalue weighted by Gasteiger charge is 2.21. The summed E-state index contributed by atoms with van der Waals surface area (Å²) in [6.07, 6.45) is 0. The standard InChI is InChI=1S/C26H31NO6/c1-17-8-6-10-20(23(17)25(28)29)13-31-15-26(3,4)16-32-14-22-18(2)33-24(27-22)19-9-7-11-21(12-19)30-5/h6-12H,13-16H2,1-5H3,(H,28,29). The number of hydrogen-bond acceptors (Lipinski definition) is 6. The second-order valence-electron chi connectivity index (χ2n) is 8.82. The Morgan fingerprint density at radius 3 is 2.45 bits per heavy atom. The fourth-order valence-electron chi connectivity index (χ4n) is 3.50. The van der Waals surface area contributed by atoms with Crippen molar-refractivity contribution in [3.05, 3.63) is 70.6 Å². The van der Waals surface area contributed by atoms with E-state index in [0.29, 0.717) is 42.6 Å². The maximum absolute atomic E-state index is 11.5. The topological polar surface area (TPSA) is 91.0 Å². The number of oxazole rings is 1. The van der Waals surface area contributed by atoms with E-state index in [0.717, 1.165) is 22.6 Å². The van der Waals surface area contributed by atoms with Crippen molar-refractivity contribution < 1.29 is 28.5 Å². The van der Waals surface area contributed by atoms with Crippen LogP contribution in [0.3, 0.4) is 0 Å². The number of carbonyl (C=O) groups is 1. The SMILES string of the molecule is COc1cccc(-c2nc(COCC(C)(C)COCc3cccc(C)c3C(=O)O)c(C)o2)c1. The zero-order valence-electron chi connectivity index (χ0n) is 19.8. The van der Waals surface area contributed by atoms with Gasteiger partial charge in [0, 0.05) is 11.0 Å². The Labute approximate surface area is 194 Å². The van der Waals surface area contributed by atoms with Crippen LogP contribution in [0.1, 0.15) is 46.8 Å². The van der Waals surface area contributed by atoms with Crippen LogP contribution in [0.4, 0.5) is 0 Å². The number of aromatic carboxylic acids is 1. The third kappa shape index (κ3) is 6.43. The number of ether oxygens (including phenoxy) is 3. The highest BCUT2D eigenvalue weighted by atomic mass is 16.5. The molecule has 3 rings (SSSR count). The van der Waals surface area contributed by atoms with Crippen LogP contribution in [0.15, 0.2) is 46.9 Å². The smallest absolute Gasteiger partial charge is 0.336 e. The average Bonchev–Trinajstić information content (AvgIpc) is 3.14. The van der Waals surface area contributed by atoms with Crippen LogP contribution in [0.5, 0.6) is 5.75 Å². The number of carboxylic acid groups (broad SMARTS) is 1. The largest absolute Gasteiger partial charge is 0.497 e. The molecule has 1 N–H and O–H groups in total. The van der Waals surface area contributed by atoms with E-state index in [9.17, 15) is 9.90 Å². The van der Waals surface area contributed by atoms with E-state index in [4.69, 9.17) is 18.6 Å². The number of benzene rings is 2. The summed E-state index contributed by atoms with van der Waals surface area (Å²) in [5.41, 5.74) is 3.02. The molecule has 2 aromatic carbocycles. The lowest BCUT2D eigenvalue weighted by Crippen LogP contribution is -2.25. The fraction of sp³-hybridized carbons (Fsp3) is 0.385. The molecule has 0 aliphatic heterocycles. The maximum atomic E-state index is 11.5. The number of nitrogens with zero attached hydrogens (tertiary/aromatic N) is 1. The van der Waals surface area contributed by atoms with Gasteiger partial charge in [-0.1, -0.05) is 38.1 Å². The van der Waals surface area contributed by atoms with Crippen LogP contribution in [-0.4, -0.2) is 36.4 Å². The normalized spacial score (nSPS) is 11.5. The molecule has 7 heteroatoms. The van der Waals surface area contributed by atoms with E-state index >= 15 is 0 Å². The van der Waals surface area contributed by atoms with E-state index in [1.165, 1.54) is 0 Å². The molecule has 0 fully saturated rings. The minimum atomic E-state index is -0.939. The van der Waals surface area contributed by atoms with Crippen molar-refractivity contribution in [1.29, 1.82) is 0 Å². The summed E-state index contributed by atoms with van der Waals surface area (Å²) in [5, 5.41) is 9.46. The monoisotopic (exact) mass is 453 g/mol. The predicted octanol–water partition coefficient (Wildman–Crippen LogP) is 5.42. The number of aryl methyl sites for hydroxylation is 2. The molecule has 0 radical (unpaired) electrons. The molecule has 0 saturated heterocycles. The van der Waals surface area contributed by atoms with Gasteiger partial charge >= 0.3 is 5.97 Å². The molecular weight excluding hydrogens is 422 g/mol. The van der Waals surface area contributed by atoms with Gasteiger partial charge in [0.2, 0.25) is 5.89 Å². The molecule has 0 amide bonds. The minimum Gasteiger partial charge on any atom is -0.497 e. The molecule has 0 bridgehead atoms. The first-order valence-electron chi connectivity index (χ1n) is 10.8. The second-order valence-corrected chi connectivity index (χ2v) is 8.82. The summed E-state index contributed by atoms with van der Waals surface area (Å²) in [6, 6.07) is 13.0. The Kier molecular flexibility index (Phi) is 7.89. The Morgan fingerprint density at radius 1 is 1.06 bits per heavy atom. The molecule has 7 nitrogen and oxygen atoms in total. The molecule has 33 heavy (non-hydrogen) atoms. The molecule has 0 spiro atoms. The highest BCUT2D eigenvalue weighted by Crippen LogP contribution is 2.26. The molecule has 0 atom stereocenters. The average molecular weight is 454 g/mol. The number of methoxy groups -OCH3 is 1. The maximum Gasteiger partial charge on any atom is 0.336 e. The van der Waals surface area contributed by atoms with Crippen LogP contribution < -0.4 is 4.74 Å². The van der Waals surface area contributed by atoms with Crippen molar-refractivity contribution in [1.82, 2.24) is 4.98 Å². The van der Waals surface area contributed by atoms with Gasteiger partial charge in [0.05, 0.1) is 39.1 Å².